The normalized spacial score (nSPS) is 24.2. The summed E-state index contributed by atoms with van der Waals surface area (Å²) in [6, 6.07) is 4.57. The number of hydrogen-bond acceptors (Lipinski definition) is 5. The molecule has 0 amide bonds. The van der Waals surface area contributed by atoms with E-state index in [2.05, 4.69) is 11.8 Å². The van der Waals surface area contributed by atoms with Crippen LogP contribution in [-0.2, 0) is 19.6 Å². The number of nitrogens with zero attached hydrogens (tertiary/aromatic N) is 1. The standard InChI is InChI=1S/C17H21NO6S/c1-4-5-10-23-14-6-8-15(9-7-14)25(21,22)18-11-12(2)24-13(3)16(18)17(19)20/h6-9,12-13,16H,10-11H2,1-3H3,(H,19,20). The van der Waals surface area contributed by atoms with Crippen molar-refractivity contribution in [3.8, 4) is 17.6 Å². The molecular formula is C17H21NO6S. The molecule has 3 unspecified atom stereocenters. The summed E-state index contributed by atoms with van der Waals surface area (Å²) < 4.78 is 37.6. The van der Waals surface area contributed by atoms with Gasteiger partial charge < -0.3 is 14.6 Å². The van der Waals surface area contributed by atoms with Crippen molar-refractivity contribution in [3.63, 3.8) is 0 Å². The van der Waals surface area contributed by atoms with Crippen LogP contribution in [0.2, 0.25) is 0 Å². The first kappa shape index (κ1) is 19.2. The molecule has 0 aliphatic carbocycles. The summed E-state index contributed by atoms with van der Waals surface area (Å²) in [4.78, 5) is 11.5. The number of carboxylic acid groups (broad SMARTS) is 1. The minimum absolute atomic E-state index is 0.00831. The third kappa shape index (κ3) is 4.31. The number of benzene rings is 1. The van der Waals surface area contributed by atoms with E-state index < -0.39 is 34.2 Å². The summed E-state index contributed by atoms with van der Waals surface area (Å²) >= 11 is 0. The predicted octanol–water partition coefficient (Wildman–Crippen LogP) is 1.34. The van der Waals surface area contributed by atoms with Crippen LogP contribution >= 0.6 is 0 Å². The fraction of sp³-hybridized carbons (Fsp3) is 0.471. The molecule has 7 nitrogen and oxygen atoms in total. The Morgan fingerprint density at radius 3 is 2.56 bits per heavy atom. The molecule has 1 fully saturated rings. The zero-order valence-electron chi connectivity index (χ0n) is 14.3. The molecule has 25 heavy (non-hydrogen) atoms. The van der Waals surface area contributed by atoms with Crippen LogP contribution in [0.4, 0.5) is 0 Å². The van der Waals surface area contributed by atoms with Crippen molar-refractivity contribution in [2.45, 2.75) is 43.9 Å². The maximum Gasteiger partial charge on any atom is 0.324 e. The summed E-state index contributed by atoms with van der Waals surface area (Å²) in [7, 11) is -3.98. The monoisotopic (exact) mass is 367 g/mol. The molecule has 0 spiro atoms. The van der Waals surface area contributed by atoms with E-state index in [1.807, 2.05) is 0 Å². The summed E-state index contributed by atoms with van der Waals surface area (Å²) in [6.45, 7) is 5.16. The lowest BCUT2D eigenvalue weighted by Crippen LogP contribution is -2.58. The maximum atomic E-state index is 12.9. The van der Waals surface area contributed by atoms with Crippen molar-refractivity contribution in [1.82, 2.24) is 4.31 Å². The van der Waals surface area contributed by atoms with Gasteiger partial charge in [0, 0.05) is 6.54 Å². The van der Waals surface area contributed by atoms with Crippen LogP contribution in [-0.4, -0.2) is 55.2 Å². The van der Waals surface area contributed by atoms with Crippen LogP contribution < -0.4 is 4.74 Å². The van der Waals surface area contributed by atoms with Crippen LogP contribution in [0, 0.1) is 11.8 Å². The van der Waals surface area contributed by atoms with Crippen molar-refractivity contribution in [3.05, 3.63) is 24.3 Å². The lowest BCUT2D eigenvalue weighted by Gasteiger charge is -2.39. The minimum Gasteiger partial charge on any atom is -0.481 e. The number of aliphatic carboxylic acids is 1. The molecule has 1 aliphatic rings. The molecule has 3 atom stereocenters. The van der Waals surface area contributed by atoms with Crippen molar-refractivity contribution in [1.29, 1.82) is 0 Å². The van der Waals surface area contributed by atoms with E-state index in [1.165, 1.54) is 24.3 Å². The average molecular weight is 367 g/mol. The Kier molecular flexibility index (Phi) is 6.06. The third-order valence-corrected chi connectivity index (χ3v) is 5.67. The summed E-state index contributed by atoms with van der Waals surface area (Å²) in [5.41, 5.74) is 0. The SMILES string of the molecule is CC#CCOc1ccc(S(=O)(=O)N2CC(C)OC(C)C2C(=O)O)cc1. The molecule has 1 aliphatic heterocycles. The molecule has 0 bridgehead atoms. The Morgan fingerprint density at radius 2 is 2.00 bits per heavy atom. The number of carboxylic acids is 1. The van der Waals surface area contributed by atoms with Gasteiger partial charge in [-0.2, -0.15) is 4.31 Å². The van der Waals surface area contributed by atoms with E-state index in [-0.39, 0.29) is 18.0 Å². The van der Waals surface area contributed by atoms with Gasteiger partial charge in [-0.05, 0) is 45.0 Å². The van der Waals surface area contributed by atoms with Crippen LogP contribution in [0.1, 0.15) is 20.8 Å². The largest absolute Gasteiger partial charge is 0.481 e. The van der Waals surface area contributed by atoms with Gasteiger partial charge in [-0.15, -0.1) is 5.92 Å². The maximum absolute atomic E-state index is 12.9. The second kappa shape index (κ2) is 7.87. The molecule has 136 valence electrons. The van der Waals surface area contributed by atoms with Gasteiger partial charge in [-0.25, -0.2) is 8.42 Å². The Hall–Kier alpha value is -2.08. The summed E-state index contributed by atoms with van der Waals surface area (Å²) in [5, 5.41) is 9.42. The van der Waals surface area contributed by atoms with E-state index in [0.717, 1.165) is 4.31 Å². The third-order valence-electron chi connectivity index (χ3n) is 3.81. The second-order valence-electron chi connectivity index (χ2n) is 5.70. The second-order valence-corrected chi connectivity index (χ2v) is 7.59. The van der Waals surface area contributed by atoms with Crippen molar-refractivity contribution >= 4 is 16.0 Å². The molecule has 1 aromatic carbocycles. The van der Waals surface area contributed by atoms with Gasteiger partial charge in [-0.1, -0.05) is 5.92 Å². The Labute approximate surface area is 147 Å². The van der Waals surface area contributed by atoms with E-state index in [0.29, 0.717) is 5.75 Å². The van der Waals surface area contributed by atoms with E-state index >= 15 is 0 Å². The molecule has 0 radical (unpaired) electrons. The lowest BCUT2D eigenvalue weighted by molar-refractivity contribution is -0.155. The van der Waals surface area contributed by atoms with Crippen LogP contribution in [0.25, 0.3) is 0 Å². The van der Waals surface area contributed by atoms with E-state index in [9.17, 15) is 18.3 Å². The number of sulfonamides is 1. The van der Waals surface area contributed by atoms with Crippen molar-refractivity contribution in [2.75, 3.05) is 13.2 Å². The fourth-order valence-corrected chi connectivity index (χ4v) is 4.41. The zero-order valence-corrected chi connectivity index (χ0v) is 15.1. The number of carbonyl (C=O) groups is 1. The molecule has 8 heteroatoms. The van der Waals surface area contributed by atoms with Gasteiger partial charge >= 0.3 is 5.97 Å². The molecule has 0 aromatic heterocycles. The Morgan fingerprint density at radius 1 is 1.36 bits per heavy atom. The number of hydrogen-bond donors (Lipinski definition) is 1. The first-order valence-corrected chi connectivity index (χ1v) is 9.24. The molecule has 1 saturated heterocycles. The highest BCUT2D eigenvalue weighted by Gasteiger charge is 2.44. The highest BCUT2D eigenvalue weighted by atomic mass is 32.2. The van der Waals surface area contributed by atoms with E-state index in [4.69, 9.17) is 9.47 Å². The van der Waals surface area contributed by atoms with Gasteiger partial charge in [0.1, 0.15) is 18.4 Å². The molecule has 1 aromatic rings. The van der Waals surface area contributed by atoms with Crippen molar-refractivity contribution in [2.24, 2.45) is 0 Å². The Bertz CT molecular complexity index is 778. The van der Waals surface area contributed by atoms with Gasteiger partial charge in [0.15, 0.2) is 0 Å². The van der Waals surface area contributed by atoms with Crippen LogP contribution in [0.3, 0.4) is 0 Å². The topological polar surface area (TPSA) is 93.1 Å². The summed E-state index contributed by atoms with van der Waals surface area (Å²) in [6.07, 6.45) is -1.14. The molecule has 2 rings (SSSR count). The predicted molar refractivity (Wildman–Crippen MR) is 90.7 cm³/mol. The fourth-order valence-electron chi connectivity index (χ4n) is 2.69. The number of ether oxygens (including phenoxy) is 2. The molecular weight excluding hydrogens is 346 g/mol. The quantitative estimate of drug-likeness (QED) is 0.790. The van der Waals surface area contributed by atoms with Crippen LogP contribution in [0.15, 0.2) is 29.2 Å². The first-order chi connectivity index (χ1) is 11.8. The average Bonchev–Trinajstić information content (AvgIpc) is 2.54. The van der Waals surface area contributed by atoms with Crippen molar-refractivity contribution < 1.29 is 27.8 Å². The highest BCUT2D eigenvalue weighted by molar-refractivity contribution is 7.89. The molecule has 0 saturated carbocycles. The van der Waals surface area contributed by atoms with Gasteiger partial charge in [0.25, 0.3) is 0 Å². The van der Waals surface area contributed by atoms with Gasteiger partial charge in [0.2, 0.25) is 10.0 Å². The minimum atomic E-state index is -3.98. The smallest absolute Gasteiger partial charge is 0.324 e. The molecule has 1 heterocycles. The number of morpholine rings is 1. The lowest BCUT2D eigenvalue weighted by atomic mass is 10.1. The van der Waals surface area contributed by atoms with Gasteiger partial charge in [-0.3, -0.25) is 4.79 Å². The van der Waals surface area contributed by atoms with Crippen LogP contribution in [0.5, 0.6) is 5.75 Å². The molecule has 1 N–H and O–H groups in total. The Balaban J connectivity index is 2.28. The first-order valence-electron chi connectivity index (χ1n) is 7.80. The van der Waals surface area contributed by atoms with E-state index in [1.54, 1.807) is 20.8 Å². The highest BCUT2D eigenvalue weighted by Crippen LogP contribution is 2.27. The summed E-state index contributed by atoms with van der Waals surface area (Å²) in [5.74, 6) is 4.69. The number of rotatable bonds is 5. The zero-order chi connectivity index (χ0) is 18.6. The van der Waals surface area contributed by atoms with Gasteiger partial charge in [0.05, 0.1) is 17.1 Å².